The van der Waals surface area contributed by atoms with E-state index in [2.05, 4.69) is 52.5 Å². The molecule has 0 aromatic carbocycles. The van der Waals surface area contributed by atoms with Crippen molar-refractivity contribution in [2.45, 2.75) is 111 Å². The van der Waals surface area contributed by atoms with Gasteiger partial charge in [0.1, 0.15) is 12.2 Å². The van der Waals surface area contributed by atoms with Gasteiger partial charge in [0.05, 0.1) is 18.3 Å². The van der Waals surface area contributed by atoms with Gasteiger partial charge < -0.3 is 19.7 Å². The van der Waals surface area contributed by atoms with Crippen LogP contribution in [0.1, 0.15) is 87.0 Å². The molecule has 196 valence electrons. The molecule has 35 heavy (non-hydrogen) atoms. The number of carbonyl (C=O) groups is 1. The lowest BCUT2D eigenvalue weighted by Crippen LogP contribution is -2.42. The first-order valence-electron chi connectivity index (χ1n) is 13.1. The predicted molar refractivity (Wildman–Crippen MR) is 140 cm³/mol. The normalized spacial score (nSPS) is 33.0. The van der Waals surface area contributed by atoms with Gasteiger partial charge in [-0.25, -0.2) is 4.79 Å². The second-order valence-electron chi connectivity index (χ2n) is 12.5. The van der Waals surface area contributed by atoms with Gasteiger partial charge in [-0.15, -0.1) is 0 Å². The van der Waals surface area contributed by atoms with Crippen molar-refractivity contribution in [3.8, 4) is 0 Å². The molecule has 3 rings (SSSR count). The Kier molecular flexibility index (Phi) is 8.25. The molecule has 0 bridgehead atoms. The highest BCUT2D eigenvalue weighted by Crippen LogP contribution is 2.55. The molecule has 2 saturated carbocycles. The summed E-state index contributed by atoms with van der Waals surface area (Å²) in [6, 6.07) is 0. The Bertz CT molecular complexity index is 916. The number of allylic oxidation sites excluding steroid dienone is 4. The van der Waals surface area contributed by atoms with Crippen LogP contribution >= 0.6 is 0 Å². The molecule has 3 aliphatic carbocycles. The van der Waals surface area contributed by atoms with Crippen LogP contribution in [0.4, 0.5) is 0 Å². The number of hydrogen-bond donors (Lipinski definition) is 2. The second-order valence-corrected chi connectivity index (χ2v) is 12.5. The van der Waals surface area contributed by atoms with Crippen molar-refractivity contribution in [3.05, 3.63) is 47.1 Å². The quantitative estimate of drug-likeness (QED) is 0.365. The van der Waals surface area contributed by atoms with E-state index in [9.17, 15) is 15.0 Å². The summed E-state index contributed by atoms with van der Waals surface area (Å²) in [5, 5.41) is 20.2. The third-order valence-corrected chi connectivity index (χ3v) is 8.94. The lowest BCUT2D eigenvalue weighted by atomic mass is 9.63. The number of carbonyl (C=O) groups excluding carboxylic acids is 1. The average Bonchev–Trinajstić information content (AvgIpc) is 3.10. The fourth-order valence-corrected chi connectivity index (χ4v) is 5.70. The fraction of sp³-hybridized carbons (Fsp3) is 0.700. The minimum Gasteiger partial charge on any atom is -0.457 e. The summed E-state index contributed by atoms with van der Waals surface area (Å²) in [4.78, 5) is 12.5. The van der Waals surface area contributed by atoms with E-state index in [1.165, 1.54) is 11.1 Å². The minimum absolute atomic E-state index is 0.000800. The van der Waals surface area contributed by atoms with Gasteiger partial charge in [0, 0.05) is 11.8 Å². The SMILES string of the molecule is C=C1/C(=C\C=C2/CCC[C@]3(C)C(C(C)OCC(=O)OC(C)(C)C(C)(C)C)=CC[C@@H]23)C[C@@H](O)C[C@@H]1O. The van der Waals surface area contributed by atoms with E-state index in [0.29, 0.717) is 18.8 Å². The highest BCUT2D eigenvalue weighted by atomic mass is 16.6. The molecule has 0 aliphatic heterocycles. The smallest absolute Gasteiger partial charge is 0.332 e. The predicted octanol–water partition coefficient (Wildman–Crippen LogP) is 5.82. The Hall–Kier alpha value is -1.69. The van der Waals surface area contributed by atoms with E-state index in [0.717, 1.165) is 36.8 Å². The lowest BCUT2D eigenvalue weighted by molar-refractivity contribution is -0.173. The van der Waals surface area contributed by atoms with Crippen LogP contribution in [0.25, 0.3) is 0 Å². The fourth-order valence-electron chi connectivity index (χ4n) is 5.70. The van der Waals surface area contributed by atoms with Gasteiger partial charge in [-0.3, -0.25) is 0 Å². The third kappa shape index (κ3) is 6.00. The summed E-state index contributed by atoms with van der Waals surface area (Å²) < 4.78 is 11.8. The number of fused-ring (bicyclic) bond motifs is 1. The molecule has 0 amide bonds. The number of ether oxygens (including phenoxy) is 2. The molecule has 1 unspecified atom stereocenters. The third-order valence-electron chi connectivity index (χ3n) is 8.94. The maximum absolute atomic E-state index is 12.5. The lowest BCUT2D eigenvalue weighted by Gasteiger charge is -2.42. The van der Waals surface area contributed by atoms with E-state index in [1.807, 2.05) is 20.8 Å². The Labute approximate surface area is 212 Å². The molecule has 0 aromatic rings. The van der Waals surface area contributed by atoms with Crippen LogP contribution in [-0.2, 0) is 14.3 Å². The van der Waals surface area contributed by atoms with Gasteiger partial charge in [0.2, 0.25) is 0 Å². The van der Waals surface area contributed by atoms with Crippen molar-refractivity contribution in [3.63, 3.8) is 0 Å². The molecule has 0 spiro atoms. The van der Waals surface area contributed by atoms with Gasteiger partial charge in [0.25, 0.3) is 0 Å². The van der Waals surface area contributed by atoms with Crippen LogP contribution in [0.5, 0.6) is 0 Å². The molecule has 0 aromatic heterocycles. The monoisotopic (exact) mass is 486 g/mol. The largest absolute Gasteiger partial charge is 0.457 e. The molecule has 5 nitrogen and oxygen atoms in total. The van der Waals surface area contributed by atoms with Crippen LogP contribution in [-0.4, -0.2) is 46.7 Å². The molecular formula is C30H46O5. The Morgan fingerprint density at radius 3 is 2.60 bits per heavy atom. The maximum Gasteiger partial charge on any atom is 0.332 e. The first-order chi connectivity index (χ1) is 16.2. The van der Waals surface area contributed by atoms with E-state index in [1.54, 1.807) is 0 Å². The minimum atomic E-state index is -0.668. The van der Waals surface area contributed by atoms with Gasteiger partial charge >= 0.3 is 5.97 Å². The maximum atomic E-state index is 12.5. The van der Waals surface area contributed by atoms with Gasteiger partial charge in [-0.05, 0) is 80.9 Å². The zero-order chi connectivity index (χ0) is 26.2. The summed E-state index contributed by atoms with van der Waals surface area (Å²) in [7, 11) is 0. The van der Waals surface area contributed by atoms with Crippen molar-refractivity contribution < 1.29 is 24.5 Å². The summed E-state index contributed by atoms with van der Waals surface area (Å²) >= 11 is 0. The summed E-state index contributed by atoms with van der Waals surface area (Å²) in [6.45, 7) is 18.4. The number of rotatable bonds is 6. The molecule has 2 fully saturated rings. The second kappa shape index (κ2) is 10.4. The van der Waals surface area contributed by atoms with E-state index >= 15 is 0 Å². The molecule has 3 aliphatic rings. The van der Waals surface area contributed by atoms with Crippen LogP contribution in [0.3, 0.4) is 0 Å². The van der Waals surface area contributed by atoms with Gasteiger partial charge in [0.15, 0.2) is 0 Å². The van der Waals surface area contributed by atoms with E-state index in [4.69, 9.17) is 9.47 Å². The van der Waals surface area contributed by atoms with Crippen LogP contribution in [0.2, 0.25) is 0 Å². The summed E-state index contributed by atoms with van der Waals surface area (Å²) in [5.74, 6) is 0.0673. The standard InChI is InChI=1S/C30H46O5/c1-19-22(16-23(31)17-26(19)32)12-11-21-10-9-15-30(8)24(13-14-25(21)30)20(2)34-18-27(33)35-29(6,7)28(3,4)5/h11-13,20,23,25-26,31-32H,1,9-10,14-18H2,2-8H3/b21-11+,22-12-/t20?,23-,25+,26+,30-/m1/s1. The first-order valence-corrected chi connectivity index (χ1v) is 13.1. The van der Waals surface area contributed by atoms with E-state index in [-0.39, 0.29) is 29.5 Å². The number of aliphatic hydroxyl groups is 2. The molecule has 0 heterocycles. The first kappa shape index (κ1) is 27.9. The van der Waals surface area contributed by atoms with E-state index < -0.39 is 17.8 Å². The Morgan fingerprint density at radius 2 is 1.94 bits per heavy atom. The molecule has 0 radical (unpaired) electrons. The summed E-state index contributed by atoms with van der Waals surface area (Å²) in [6.07, 6.45) is 10.3. The number of hydrogen-bond acceptors (Lipinski definition) is 5. The Morgan fingerprint density at radius 1 is 1.26 bits per heavy atom. The van der Waals surface area contributed by atoms with Gasteiger partial charge in [-0.2, -0.15) is 0 Å². The molecule has 5 atom stereocenters. The molecule has 2 N–H and O–H groups in total. The van der Waals surface area contributed by atoms with Gasteiger partial charge in [-0.1, -0.05) is 58.1 Å². The zero-order valence-corrected chi connectivity index (χ0v) is 22.8. The highest BCUT2D eigenvalue weighted by molar-refractivity contribution is 5.71. The highest BCUT2D eigenvalue weighted by Gasteiger charge is 2.46. The van der Waals surface area contributed by atoms with Crippen LogP contribution in [0, 0.1) is 16.7 Å². The molecular weight excluding hydrogens is 440 g/mol. The summed E-state index contributed by atoms with van der Waals surface area (Å²) in [5.41, 5.74) is 3.60. The van der Waals surface area contributed by atoms with Crippen molar-refractivity contribution in [1.29, 1.82) is 0 Å². The average molecular weight is 487 g/mol. The van der Waals surface area contributed by atoms with Crippen molar-refractivity contribution in [2.24, 2.45) is 16.7 Å². The van der Waals surface area contributed by atoms with Crippen LogP contribution in [0.15, 0.2) is 47.1 Å². The number of aliphatic hydroxyl groups excluding tert-OH is 2. The Balaban J connectivity index is 1.66. The van der Waals surface area contributed by atoms with Crippen molar-refractivity contribution >= 4 is 5.97 Å². The zero-order valence-electron chi connectivity index (χ0n) is 22.8. The van der Waals surface area contributed by atoms with Crippen LogP contribution < -0.4 is 0 Å². The number of esters is 1. The molecule has 0 saturated heterocycles. The molecule has 5 heteroatoms. The van der Waals surface area contributed by atoms with Crippen molar-refractivity contribution in [2.75, 3.05) is 6.61 Å². The topological polar surface area (TPSA) is 76.0 Å². The van der Waals surface area contributed by atoms with Crippen molar-refractivity contribution in [1.82, 2.24) is 0 Å².